The van der Waals surface area contributed by atoms with Crippen LogP contribution in [0.5, 0.6) is 0 Å². The number of ether oxygens (including phenoxy) is 1. The number of rotatable bonds is 5. The van der Waals surface area contributed by atoms with Gasteiger partial charge in [0.15, 0.2) is 0 Å². The zero-order valence-corrected chi connectivity index (χ0v) is 11.5. The summed E-state index contributed by atoms with van der Waals surface area (Å²) in [6, 6.07) is 0.208. The van der Waals surface area contributed by atoms with E-state index in [1.54, 1.807) is 7.11 Å². The average molecular weight is 253 g/mol. The fourth-order valence-electron chi connectivity index (χ4n) is 2.53. The van der Waals surface area contributed by atoms with Gasteiger partial charge in [-0.05, 0) is 31.7 Å². The highest BCUT2D eigenvalue weighted by atomic mass is 16.5. The molecule has 1 fully saturated rings. The number of nitrogens with one attached hydrogen (secondary N) is 1. The molecule has 1 aliphatic rings. The fraction of sp³-hybridized carbons (Fsp3) is 0.846. The second kappa shape index (κ2) is 6.29. The van der Waals surface area contributed by atoms with Crippen LogP contribution in [0, 0.1) is 5.92 Å². The van der Waals surface area contributed by atoms with E-state index in [1.165, 1.54) is 12.8 Å². The van der Waals surface area contributed by atoms with Crippen LogP contribution in [0.3, 0.4) is 0 Å². The summed E-state index contributed by atoms with van der Waals surface area (Å²) in [6.07, 6.45) is 4.33. The largest absolute Gasteiger partial charge is 0.373 e. The van der Waals surface area contributed by atoms with E-state index >= 15 is 0 Å². The number of hydrogen-bond donors (Lipinski definition) is 1. The lowest BCUT2D eigenvalue weighted by molar-refractivity contribution is 0.0903. The number of methoxy groups -OCH3 is 1. The molecular formula is C13H23N3O2. The highest BCUT2D eigenvalue weighted by Crippen LogP contribution is 2.29. The summed E-state index contributed by atoms with van der Waals surface area (Å²) in [5.74, 6) is 2.13. The van der Waals surface area contributed by atoms with Gasteiger partial charge in [0.2, 0.25) is 11.7 Å². The summed E-state index contributed by atoms with van der Waals surface area (Å²) in [6.45, 7) is 5.32. The zero-order chi connectivity index (χ0) is 13.0. The van der Waals surface area contributed by atoms with Crippen LogP contribution in [0.2, 0.25) is 0 Å². The number of aromatic nitrogens is 2. The minimum Gasteiger partial charge on any atom is -0.373 e. The quantitative estimate of drug-likeness (QED) is 0.874. The van der Waals surface area contributed by atoms with Crippen molar-refractivity contribution in [1.82, 2.24) is 15.5 Å². The monoisotopic (exact) mass is 253 g/mol. The normalized spacial score (nSPS) is 26.2. The van der Waals surface area contributed by atoms with E-state index in [9.17, 15) is 0 Å². The van der Waals surface area contributed by atoms with Gasteiger partial charge < -0.3 is 14.6 Å². The summed E-state index contributed by atoms with van der Waals surface area (Å²) < 4.78 is 10.7. The second-order valence-corrected chi connectivity index (χ2v) is 4.93. The van der Waals surface area contributed by atoms with Gasteiger partial charge in [0, 0.05) is 7.11 Å². The van der Waals surface area contributed by atoms with E-state index in [0.717, 1.165) is 25.3 Å². The maximum atomic E-state index is 5.38. The lowest BCUT2D eigenvalue weighted by atomic mass is 9.90. The molecule has 1 aliphatic heterocycles. The molecule has 18 heavy (non-hydrogen) atoms. The average Bonchev–Trinajstić information content (AvgIpc) is 2.90. The molecule has 5 nitrogen and oxygen atoms in total. The number of piperidine rings is 1. The maximum Gasteiger partial charge on any atom is 0.243 e. The Labute approximate surface area is 108 Å². The topological polar surface area (TPSA) is 60.2 Å². The third-order valence-electron chi connectivity index (χ3n) is 3.79. The van der Waals surface area contributed by atoms with Gasteiger partial charge in [-0.15, -0.1) is 0 Å². The van der Waals surface area contributed by atoms with Crippen LogP contribution in [-0.2, 0) is 4.74 Å². The second-order valence-electron chi connectivity index (χ2n) is 4.93. The first-order chi connectivity index (χ1) is 8.78. The molecule has 0 saturated carbocycles. The Morgan fingerprint density at radius 3 is 3.00 bits per heavy atom. The van der Waals surface area contributed by atoms with Crippen LogP contribution in [-0.4, -0.2) is 23.8 Å². The first kappa shape index (κ1) is 13.5. The molecule has 1 aromatic heterocycles. The Kier molecular flexibility index (Phi) is 4.72. The Morgan fingerprint density at radius 1 is 1.50 bits per heavy atom. The molecule has 0 bridgehead atoms. The molecule has 102 valence electrons. The van der Waals surface area contributed by atoms with Crippen LogP contribution in [0.15, 0.2) is 4.52 Å². The number of nitrogens with zero attached hydrogens (tertiary/aromatic N) is 2. The van der Waals surface area contributed by atoms with Crippen molar-refractivity contribution in [3.05, 3.63) is 11.7 Å². The van der Waals surface area contributed by atoms with Crippen molar-refractivity contribution in [3.63, 3.8) is 0 Å². The van der Waals surface area contributed by atoms with Crippen molar-refractivity contribution in [2.45, 2.75) is 51.7 Å². The molecule has 1 saturated heterocycles. The third kappa shape index (κ3) is 2.90. The molecular weight excluding hydrogens is 230 g/mol. The lowest BCUT2D eigenvalue weighted by Crippen LogP contribution is -2.31. The van der Waals surface area contributed by atoms with Crippen molar-refractivity contribution >= 4 is 0 Å². The van der Waals surface area contributed by atoms with Crippen LogP contribution in [0.25, 0.3) is 0 Å². The predicted molar refractivity (Wildman–Crippen MR) is 68.1 cm³/mol. The highest BCUT2D eigenvalue weighted by Gasteiger charge is 2.27. The Hall–Kier alpha value is -0.940. The van der Waals surface area contributed by atoms with Gasteiger partial charge in [0.1, 0.15) is 6.10 Å². The van der Waals surface area contributed by atoms with Gasteiger partial charge in [-0.1, -0.05) is 25.4 Å². The Morgan fingerprint density at radius 2 is 2.33 bits per heavy atom. The minimum atomic E-state index is -0.0620. The SMILES string of the molecule is CCC1CCNC(c2nc(C(CC)OC)no2)C1. The summed E-state index contributed by atoms with van der Waals surface area (Å²) >= 11 is 0. The molecule has 2 rings (SSSR count). The van der Waals surface area contributed by atoms with Crippen molar-refractivity contribution < 1.29 is 9.26 Å². The van der Waals surface area contributed by atoms with E-state index in [0.29, 0.717) is 11.7 Å². The van der Waals surface area contributed by atoms with Gasteiger partial charge in [0.05, 0.1) is 6.04 Å². The van der Waals surface area contributed by atoms with Crippen LogP contribution in [0.4, 0.5) is 0 Å². The third-order valence-corrected chi connectivity index (χ3v) is 3.79. The van der Waals surface area contributed by atoms with E-state index in [4.69, 9.17) is 9.26 Å². The molecule has 0 amide bonds. The van der Waals surface area contributed by atoms with E-state index in [-0.39, 0.29) is 12.1 Å². The van der Waals surface area contributed by atoms with Crippen molar-refractivity contribution in [2.24, 2.45) is 5.92 Å². The zero-order valence-electron chi connectivity index (χ0n) is 11.5. The van der Waals surface area contributed by atoms with Gasteiger partial charge in [-0.2, -0.15) is 4.98 Å². The van der Waals surface area contributed by atoms with Crippen molar-refractivity contribution in [3.8, 4) is 0 Å². The van der Waals surface area contributed by atoms with Crippen molar-refractivity contribution in [1.29, 1.82) is 0 Å². The Bertz CT molecular complexity index is 363. The van der Waals surface area contributed by atoms with Gasteiger partial charge >= 0.3 is 0 Å². The molecule has 3 atom stereocenters. The van der Waals surface area contributed by atoms with E-state index < -0.39 is 0 Å². The fourth-order valence-corrected chi connectivity index (χ4v) is 2.53. The summed E-state index contributed by atoms with van der Waals surface area (Å²) in [4.78, 5) is 4.48. The maximum absolute atomic E-state index is 5.38. The van der Waals surface area contributed by atoms with Gasteiger partial charge in [0.25, 0.3) is 0 Å². The molecule has 3 unspecified atom stereocenters. The molecule has 0 radical (unpaired) electrons. The number of hydrogen-bond acceptors (Lipinski definition) is 5. The first-order valence-corrected chi connectivity index (χ1v) is 6.88. The van der Waals surface area contributed by atoms with E-state index in [1.807, 2.05) is 0 Å². The molecule has 1 aromatic rings. The predicted octanol–water partition coefficient (Wildman–Crippen LogP) is 2.62. The first-order valence-electron chi connectivity index (χ1n) is 6.88. The molecule has 0 spiro atoms. The summed E-state index contributed by atoms with van der Waals surface area (Å²) in [7, 11) is 1.68. The summed E-state index contributed by atoms with van der Waals surface area (Å²) in [5, 5.41) is 7.48. The molecule has 0 aliphatic carbocycles. The minimum absolute atomic E-state index is 0.0620. The standard InChI is InChI=1S/C13H23N3O2/c1-4-9-6-7-14-10(8-9)13-15-12(16-18-13)11(5-2)17-3/h9-11,14H,4-8H2,1-3H3. The van der Waals surface area contributed by atoms with Gasteiger partial charge in [-0.25, -0.2) is 0 Å². The van der Waals surface area contributed by atoms with E-state index in [2.05, 4.69) is 29.3 Å². The molecule has 1 N–H and O–H groups in total. The molecule has 2 heterocycles. The van der Waals surface area contributed by atoms with Gasteiger partial charge in [-0.3, -0.25) is 0 Å². The lowest BCUT2D eigenvalue weighted by Gasteiger charge is -2.27. The smallest absolute Gasteiger partial charge is 0.243 e. The van der Waals surface area contributed by atoms with Crippen LogP contribution >= 0.6 is 0 Å². The van der Waals surface area contributed by atoms with Crippen LogP contribution < -0.4 is 5.32 Å². The van der Waals surface area contributed by atoms with Crippen molar-refractivity contribution in [2.75, 3.05) is 13.7 Å². The Balaban J connectivity index is 2.05. The highest BCUT2D eigenvalue weighted by molar-refractivity contribution is 4.97. The molecule has 5 heteroatoms. The molecule has 0 aromatic carbocycles. The summed E-state index contributed by atoms with van der Waals surface area (Å²) in [5.41, 5.74) is 0. The van der Waals surface area contributed by atoms with Crippen LogP contribution in [0.1, 0.15) is 63.4 Å².